The third kappa shape index (κ3) is 3.60. The van der Waals surface area contributed by atoms with Crippen molar-refractivity contribution < 1.29 is 14.1 Å². The number of fused-ring (bicyclic) bond motifs is 1. The Kier molecular flexibility index (Phi) is 5.32. The zero-order valence-electron chi connectivity index (χ0n) is 13.6. The van der Waals surface area contributed by atoms with Crippen LogP contribution in [0.4, 0.5) is 15.8 Å². The lowest BCUT2D eigenvalue weighted by Crippen LogP contribution is -2.18. The van der Waals surface area contributed by atoms with Crippen LogP contribution in [0.25, 0.3) is 11.3 Å². The molecule has 1 aliphatic heterocycles. The largest absolute Gasteiger partial charge is 0.384 e. The smallest absolute Gasteiger partial charge is 0.270 e. The molecular formula is C18H15BrFN3O3. The first kappa shape index (κ1) is 18.1. The first-order valence-electron chi connectivity index (χ1n) is 7.91. The molecule has 1 amide bonds. The van der Waals surface area contributed by atoms with Crippen LogP contribution in [0, 0.1) is 10.1 Å². The molecule has 0 fully saturated rings. The van der Waals surface area contributed by atoms with E-state index in [2.05, 4.69) is 26.6 Å². The summed E-state index contributed by atoms with van der Waals surface area (Å²) < 4.78 is 13.3. The van der Waals surface area contributed by atoms with E-state index in [1.54, 1.807) is 24.3 Å². The number of nitrogens with zero attached hydrogens (tertiary/aromatic N) is 1. The second-order valence-corrected chi connectivity index (χ2v) is 6.59. The van der Waals surface area contributed by atoms with Gasteiger partial charge in [-0.2, -0.15) is 0 Å². The molecule has 0 saturated carbocycles. The van der Waals surface area contributed by atoms with Crippen molar-refractivity contribution in [1.82, 2.24) is 5.32 Å². The molecule has 2 aromatic rings. The summed E-state index contributed by atoms with van der Waals surface area (Å²) in [4.78, 5) is 23.2. The van der Waals surface area contributed by atoms with E-state index >= 15 is 0 Å². The van der Waals surface area contributed by atoms with Crippen LogP contribution in [0.1, 0.15) is 17.5 Å². The number of alkyl halides is 1. The standard InChI is InChI=1S/C18H15BrFN3O3/c19-12-5-6-15-14(10-12)16(18(24)22-15)17(21-8-2-7-20)11-3-1-4-13(9-11)23(25)26/h1,3-6,9-10,21H,2,7-8H2,(H,22,24)/b17-16-. The number of benzene rings is 2. The third-order valence-corrected chi connectivity index (χ3v) is 4.43. The Hall–Kier alpha value is -2.74. The van der Waals surface area contributed by atoms with Gasteiger partial charge in [0.15, 0.2) is 0 Å². The van der Waals surface area contributed by atoms with Crippen LogP contribution >= 0.6 is 15.9 Å². The predicted octanol–water partition coefficient (Wildman–Crippen LogP) is 4.13. The minimum Gasteiger partial charge on any atom is -0.384 e. The Morgan fingerprint density at radius 3 is 2.81 bits per heavy atom. The van der Waals surface area contributed by atoms with E-state index in [0.29, 0.717) is 34.6 Å². The highest BCUT2D eigenvalue weighted by atomic mass is 79.9. The SMILES string of the molecule is O=C1Nc2ccc(Br)cc2/C1=C(/NCCCF)c1cccc([N+](=O)[O-])c1. The molecule has 2 aromatic carbocycles. The summed E-state index contributed by atoms with van der Waals surface area (Å²) in [6, 6.07) is 11.4. The fourth-order valence-electron chi connectivity index (χ4n) is 2.78. The number of rotatable bonds is 6. The van der Waals surface area contributed by atoms with Gasteiger partial charge in [-0.15, -0.1) is 0 Å². The van der Waals surface area contributed by atoms with Gasteiger partial charge in [0.1, 0.15) is 0 Å². The van der Waals surface area contributed by atoms with Crippen LogP contribution in [0.3, 0.4) is 0 Å². The van der Waals surface area contributed by atoms with Gasteiger partial charge in [-0.3, -0.25) is 19.3 Å². The van der Waals surface area contributed by atoms with Crippen molar-refractivity contribution in [1.29, 1.82) is 0 Å². The number of hydrogen-bond acceptors (Lipinski definition) is 4. The van der Waals surface area contributed by atoms with E-state index in [9.17, 15) is 19.3 Å². The predicted molar refractivity (Wildman–Crippen MR) is 101 cm³/mol. The zero-order chi connectivity index (χ0) is 18.7. The average Bonchev–Trinajstić information content (AvgIpc) is 2.94. The van der Waals surface area contributed by atoms with Crippen LogP contribution in [0.2, 0.25) is 0 Å². The number of amides is 1. The molecule has 0 unspecified atom stereocenters. The van der Waals surface area contributed by atoms with Gasteiger partial charge in [0, 0.05) is 40.0 Å². The number of nitrogens with one attached hydrogen (secondary N) is 2. The Labute approximate surface area is 157 Å². The average molecular weight is 420 g/mol. The van der Waals surface area contributed by atoms with Crippen molar-refractivity contribution in [2.75, 3.05) is 18.5 Å². The minimum atomic E-state index is -0.501. The van der Waals surface area contributed by atoms with Gasteiger partial charge >= 0.3 is 0 Å². The van der Waals surface area contributed by atoms with Gasteiger partial charge in [-0.25, -0.2) is 0 Å². The van der Waals surface area contributed by atoms with Crippen molar-refractivity contribution in [3.05, 3.63) is 68.2 Å². The van der Waals surface area contributed by atoms with Crippen molar-refractivity contribution in [3.63, 3.8) is 0 Å². The second kappa shape index (κ2) is 7.65. The van der Waals surface area contributed by atoms with Crippen LogP contribution in [0.15, 0.2) is 46.9 Å². The molecule has 1 heterocycles. The molecule has 26 heavy (non-hydrogen) atoms. The Morgan fingerprint density at radius 1 is 1.27 bits per heavy atom. The summed E-state index contributed by atoms with van der Waals surface area (Å²) in [5.41, 5.74) is 2.57. The lowest BCUT2D eigenvalue weighted by Gasteiger charge is -2.14. The quantitative estimate of drug-likeness (QED) is 0.319. The highest BCUT2D eigenvalue weighted by Crippen LogP contribution is 2.38. The van der Waals surface area contributed by atoms with Crippen LogP contribution in [-0.2, 0) is 4.79 Å². The van der Waals surface area contributed by atoms with Crippen LogP contribution in [0.5, 0.6) is 0 Å². The Morgan fingerprint density at radius 2 is 2.08 bits per heavy atom. The Bertz CT molecular complexity index is 914. The van der Waals surface area contributed by atoms with E-state index in [4.69, 9.17) is 0 Å². The lowest BCUT2D eigenvalue weighted by atomic mass is 10.00. The number of nitro benzene ring substituents is 1. The summed E-state index contributed by atoms with van der Waals surface area (Å²) in [5.74, 6) is -0.313. The Balaban J connectivity index is 2.17. The molecular weight excluding hydrogens is 405 g/mol. The molecule has 1 aliphatic rings. The number of halogens is 2. The molecule has 3 rings (SSSR count). The van der Waals surface area contributed by atoms with Gasteiger partial charge in [0.05, 0.1) is 22.9 Å². The molecule has 0 spiro atoms. The molecule has 134 valence electrons. The van der Waals surface area contributed by atoms with Gasteiger partial charge in [-0.1, -0.05) is 28.1 Å². The van der Waals surface area contributed by atoms with E-state index in [1.165, 1.54) is 12.1 Å². The molecule has 8 heteroatoms. The number of carbonyl (C=O) groups is 1. The number of non-ortho nitro benzene ring substituents is 1. The number of anilines is 1. The maximum Gasteiger partial charge on any atom is 0.270 e. The summed E-state index contributed by atoms with van der Waals surface area (Å²) in [7, 11) is 0. The molecule has 0 aliphatic carbocycles. The topological polar surface area (TPSA) is 84.3 Å². The van der Waals surface area contributed by atoms with Crippen molar-refractivity contribution in [3.8, 4) is 0 Å². The van der Waals surface area contributed by atoms with Crippen molar-refractivity contribution >= 4 is 44.5 Å². The normalized spacial score (nSPS) is 14.6. The van der Waals surface area contributed by atoms with E-state index in [0.717, 1.165) is 4.47 Å². The van der Waals surface area contributed by atoms with E-state index < -0.39 is 11.6 Å². The molecule has 2 N–H and O–H groups in total. The molecule has 6 nitrogen and oxygen atoms in total. The van der Waals surface area contributed by atoms with E-state index in [1.807, 2.05) is 6.07 Å². The number of carbonyl (C=O) groups excluding carboxylic acids is 1. The highest BCUT2D eigenvalue weighted by molar-refractivity contribution is 9.10. The van der Waals surface area contributed by atoms with Crippen molar-refractivity contribution in [2.24, 2.45) is 0 Å². The second-order valence-electron chi connectivity index (χ2n) is 5.67. The molecule has 0 bridgehead atoms. The summed E-state index contributed by atoms with van der Waals surface area (Å²) in [5, 5.41) is 17.0. The summed E-state index contributed by atoms with van der Waals surface area (Å²) >= 11 is 3.39. The minimum absolute atomic E-state index is 0.0826. The molecule has 0 aromatic heterocycles. The van der Waals surface area contributed by atoms with Gasteiger partial charge in [0.2, 0.25) is 0 Å². The van der Waals surface area contributed by atoms with Gasteiger partial charge in [0.25, 0.3) is 11.6 Å². The molecule has 0 atom stereocenters. The van der Waals surface area contributed by atoms with Crippen LogP contribution < -0.4 is 10.6 Å². The fourth-order valence-corrected chi connectivity index (χ4v) is 3.14. The highest BCUT2D eigenvalue weighted by Gasteiger charge is 2.28. The third-order valence-electron chi connectivity index (χ3n) is 3.93. The number of hydrogen-bond donors (Lipinski definition) is 2. The molecule has 0 radical (unpaired) electrons. The van der Waals surface area contributed by atoms with E-state index in [-0.39, 0.29) is 18.0 Å². The first-order valence-corrected chi connectivity index (χ1v) is 8.71. The zero-order valence-corrected chi connectivity index (χ0v) is 15.2. The van der Waals surface area contributed by atoms with Gasteiger partial charge < -0.3 is 10.6 Å². The maximum atomic E-state index is 12.6. The fraction of sp³-hybridized carbons (Fsp3) is 0.167. The number of nitro groups is 1. The molecule has 0 saturated heterocycles. The van der Waals surface area contributed by atoms with Crippen LogP contribution in [-0.4, -0.2) is 24.0 Å². The van der Waals surface area contributed by atoms with Crippen molar-refractivity contribution in [2.45, 2.75) is 6.42 Å². The van der Waals surface area contributed by atoms with Gasteiger partial charge in [-0.05, 0) is 24.6 Å². The maximum absolute atomic E-state index is 12.6. The summed E-state index contributed by atoms with van der Waals surface area (Å²) in [6.07, 6.45) is 0.263. The summed E-state index contributed by atoms with van der Waals surface area (Å²) in [6.45, 7) is -0.201. The first-order chi connectivity index (χ1) is 12.5. The monoisotopic (exact) mass is 419 g/mol. The lowest BCUT2D eigenvalue weighted by molar-refractivity contribution is -0.384.